The summed E-state index contributed by atoms with van der Waals surface area (Å²) in [4.78, 5) is 0. The summed E-state index contributed by atoms with van der Waals surface area (Å²) < 4.78 is 76.0. The van der Waals surface area contributed by atoms with Crippen LogP contribution in [0, 0.1) is 41.3 Å². The molecular weight excluding hydrogens is 512 g/mol. The van der Waals surface area contributed by atoms with Crippen molar-refractivity contribution < 1.29 is 59.4 Å². The first-order valence-electron chi connectivity index (χ1n) is 11.5. The minimum absolute atomic E-state index is 0. The number of halogens is 5. The predicted molar refractivity (Wildman–Crippen MR) is 112 cm³/mol. The van der Waals surface area contributed by atoms with Crippen LogP contribution in [0.25, 0.3) is 0 Å². The van der Waals surface area contributed by atoms with Crippen LogP contribution in [-0.2, 0) is 38.8 Å². The molecule has 4 rings (SSSR count). The standard InChI is InChI=1S/C26H28F5O.Y/c1-16-5-7-17(8-6-16)18-9-11-19(12-10-18)20-13-23(28)25(24(29)14-20)26(30,31)32-22-4-2-3-21(27)15-22;/h2,4,13-19H,5-12H2,1H3;/q-1;. The van der Waals surface area contributed by atoms with E-state index in [2.05, 4.69) is 17.7 Å². The molecule has 0 aliphatic heterocycles. The molecule has 2 aromatic rings. The third kappa shape index (κ3) is 6.36. The van der Waals surface area contributed by atoms with E-state index in [1.165, 1.54) is 25.7 Å². The second-order valence-corrected chi connectivity index (χ2v) is 9.48. The van der Waals surface area contributed by atoms with E-state index in [0.29, 0.717) is 17.5 Å². The minimum atomic E-state index is -4.28. The Morgan fingerprint density at radius 2 is 1.39 bits per heavy atom. The molecule has 0 heterocycles. The maximum absolute atomic E-state index is 14.7. The van der Waals surface area contributed by atoms with Gasteiger partial charge in [0.1, 0.15) is 17.2 Å². The predicted octanol–water partition coefficient (Wildman–Crippen LogP) is 8.13. The molecule has 7 heteroatoms. The average molecular weight is 540 g/mol. The topological polar surface area (TPSA) is 9.23 Å². The van der Waals surface area contributed by atoms with Crippen molar-refractivity contribution in [3.05, 3.63) is 65.0 Å². The number of rotatable bonds is 5. The molecule has 2 aromatic carbocycles. The first-order chi connectivity index (χ1) is 15.2. The molecular formula is C26H28F5OY-. The number of benzene rings is 2. The average Bonchev–Trinajstić information content (AvgIpc) is 2.73. The molecule has 0 unspecified atom stereocenters. The minimum Gasteiger partial charge on any atom is -0.455 e. The van der Waals surface area contributed by atoms with Gasteiger partial charge in [-0.15, -0.1) is 12.1 Å². The van der Waals surface area contributed by atoms with Crippen LogP contribution in [0.3, 0.4) is 0 Å². The second-order valence-electron chi connectivity index (χ2n) is 9.48. The molecule has 2 aliphatic carbocycles. The molecule has 0 aromatic heterocycles. The van der Waals surface area contributed by atoms with Crippen LogP contribution in [0.5, 0.6) is 5.75 Å². The number of ether oxygens (including phenoxy) is 1. The first-order valence-corrected chi connectivity index (χ1v) is 11.5. The van der Waals surface area contributed by atoms with Crippen LogP contribution >= 0.6 is 0 Å². The molecule has 0 atom stereocenters. The van der Waals surface area contributed by atoms with Crippen LogP contribution in [0.4, 0.5) is 22.0 Å². The van der Waals surface area contributed by atoms with Gasteiger partial charge in [-0.05, 0) is 79.9 Å². The van der Waals surface area contributed by atoms with Crippen molar-refractivity contribution >= 4 is 0 Å². The third-order valence-electron chi connectivity index (χ3n) is 7.31. The van der Waals surface area contributed by atoms with Crippen molar-refractivity contribution in [2.75, 3.05) is 0 Å². The van der Waals surface area contributed by atoms with Crippen molar-refractivity contribution in [1.29, 1.82) is 0 Å². The number of hydrogen-bond donors (Lipinski definition) is 0. The second kappa shape index (κ2) is 11.2. The van der Waals surface area contributed by atoms with Crippen LogP contribution in [-0.4, -0.2) is 0 Å². The van der Waals surface area contributed by atoms with Gasteiger partial charge in [0.25, 0.3) is 0 Å². The van der Waals surface area contributed by atoms with Gasteiger partial charge in [-0.25, -0.2) is 13.2 Å². The Kier molecular flexibility index (Phi) is 8.99. The van der Waals surface area contributed by atoms with E-state index >= 15 is 0 Å². The quantitative estimate of drug-likeness (QED) is 0.275. The Balaban J connectivity index is 0.00000306. The van der Waals surface area contributed by atoms with Crippen LogP contribution in [0.15, 0.2) is 30.3 Å². The normalized spacial score (nSPS) is 25.9. The number of alkyl halides is 2. The zero-order valence-corrected chi connectivity index (χ0v) is 21.6. The van der Waals surface area contributed by atoms with Gasteiger partial charge in [-0.1, -0.05) is 25.8 Å². The van der Waals surface area contributed by atoms with E-state index in [1.54, 1.807) is 0 Å². The van der Waals surface area contributed by atoms with Crippen LogP contribution in [0.2, 0.25) is 0 Å². The maximum Gasteiger partial charge on any atom is 0.430 e. The van der Waals surface area contributed by atoms with Crippen LogP contribution in [0.1, 0.15) is 75.3 Å². The monoisotopic (exact) mass is 540 g/mol. The van der Waals surface area contributed by atoms with Gasteiger partial charge in [0.05, 0.1) is 0 Å². The molecule has 33 heavy (non-hydrogen) atoms. The molecule has 0 bridgehead atoms. The Bertz CT molecular complexity index is 911. The Hall–Kier alpha value is -1.01. The molecule has 1 radical (unpaired) electrons. The molecule has 0 N–H and O–H groups in total. The fraction of sp³-hybridized carbons (Fsp3) is 0.538. The van der Waals surface area contributed by atoms with Gasteiger partial charge in [-0.3, -0.25) is 0 Å². The molecule has 177 valence electrons. The van der Waals surface area contributed by atoms with E-state index in [9.17, 15) is 22.0 Å². The zero-order chi connectivity index (χ0) is 22.9. The fourth-order valence-corrected chi connectivity index (χ4v) is 5.47. The van der Waals surface area contributed by atoms with Gasteiger partial charge >= 0.3 is 6.11 Å². The molecule has 0 saturated heterocycles. The summed E-state index contributed by atoms with van der Waals surface area (Å²) in [5, 5.41) is 0. The van der Waals surface area contributed by atoms with E-state index < -0.39 is 34.9 Å². The third-order valence-corrected chi connectivity index (χ3v) is 7.31. The summed E-state index contributed by atoms with van der Waals surface area (Å²) in [6.07, 6.45) is 4.40. The SMILES string of the molecule is CC1CCC(C2CCC(c3cc(F)c(C(F)(F)Oc4cc[c-]c(F)c4)c(F)c3)CC2)CC1.[Y]. The Morgan fingerprint density at radius 3 is 1.94 bits per heavy atom. The van der Waals surface area contributed by atoms with Crippen molar-refractivity contribution in [1.82, 2.24) is 0 Å². The Labute approximate surface area is 217 Å². The summed E-state index contributed by atoms with van der Waals surface area (Å²) >= 11 is 0. The van der Waals surface area contributed by atoms with Gasteiger partial charge in [0.15, 0.2) is 0 Å². The van der Waals surface area contributed by atoms with Crippen molar-refractivity contribution in [2.24, 2.45) is 17.8 Å². The molecule has 2 fully saturated rings. The molecule has 2 aliphatic rings. The number of hydrogen-bond acceptors (Lipinski definition) is 1. The summed E-state index contributed by atoms with van der Waals surface area (Å²) in [7, 11) is 0. The maximum atomic E-state index is 14.7. The van der Waals surface area contributed by atoms with Gasteiger partial charge in [-0.2, -0.15) is 14.8 Å². The van der Waals surface area contributed by atoms with Gasteiger partial charge < -0.3 is 4.74 Å². The largest absolute Gasteiger partial charge is 0.455 e. The first kappa shape index (κ1) is 26.6. The van der Waals surface area contributed by atoms with Crippen molar-refractivity contribution in [3.63, 3.8) is 0 Å². The molecule has 0 amide bonds. The van der Waals surface area contributed by atoms with E-state index in [-0.39, 0.29) is 38.6 Å². The van der Waals surface area contributed by atoms with E-state index in [1.807, 2.05) is 0 Å². The van der Waals surface area contributed by atoms with Crippen molar-refractivity contribution in [3.8, 4) is 5.75 Å². The fourth-order valence-electron chi connectivity index (χ4n) is 5.47. The van der Waals surface area contributed by atoms with Gasteiger partial charge in [0.2, 0.25) is 0 Å². The van der Waals surface area contributed by atoms with Crippen LogP contribution < -0.4 is 4.74 Å². The molecule has 2 saturated carbocycles. The van der Waals surface area contributed by atoms with E-state index in [4.69, 9.17) is 0 Å². The van der Waals surface area contributed by atoms with Crippen molar-refractivity contribution in [2.45, 2.75) is 70.3 Å². The molecule has 0 spiro atoms. The Morgan fingerprint density at radius 1 is 0.848 bits per heavy atom. The van der Waals surface area contributed by atoms with Gasteiger partial charge in [0, 0.05) is 44.3 Å². The zero-order valence-electron chi connectivity index (χ0n) is 18.7. The summed E-state index contributed by atoms with van der Waals surface area (Å²) in [6.45, 7) is 2.30. The summed E-state index contributed by atoms with van der Waals surface area (Å²) in [5.74, 6) is -2.01. The van der Waals surface area contributed by atoms with E-state index in [0.717, 1.165) is 61.8 Å². The molecule has 1 nitrogen and oxygen atoms in total. The summed E-state index contributed by atoms with van der Waals surface area (Å²) in [5.41, 5.74) is -1.05. The smallest absolute Gasteiger partial charge is 0.430 e. The summed E-state index contributed by atoms with van der Waals surface area (Å²) in [6, 6.07) is 6.94.